The van der Waals surface area contributed by atoms with Gasteiger partial charge in [-0.25, -0.2) is 0 Å². The van der Waals surface area contributed by atoms with E-state index < -0.39 is 0 Å². The van der Waals surface area contributed by atoms with E-state index in [1.165, 1.54) is 40.4 Å². The highest BCUT2D eigenvalue weighted by atomic mass is 79.9. The van der Waals surface area contributed by atoms with Crippen LogP contribution in [-0.4, -0.2) is 6.54 Å². The Kier molecular flexibility index (Phi) is 6.07. The number of hydrogen-bond donors (Lipinski definition) is 1. The fraction of sp³-hybridized carbons (Fsp3) is 0.571. The van der Waals surface area contributed by atoms with E-state index >= 15 is 0 Å². The van der Waals surface area contributed by atoms with Crippen molar-refractivity contribution < 1.29 is 0 Å². The lowest BCUT2D eigenvalue weighted by molar-refractivity contribution is 0.616. The monoisotopic (exact) mass is 283 g/mol. The molecular weight excluding hydrogens is 262 g/mol. The van der Waals surface area contributed by atoms with Crippen molar-refractivity contribution in [2.24, 2.45) is 0 Å². The third-order valence-corrected chi connectivity index (χ3v) is 4.03. The van der Waals surface area contributed by atoms with Crippen molar-refractivity contribution in [3.05, 3.63) is 33.3 Å². The van der Waals surface area contributed by atoms with Crippen molar-refractivity contribution in [3.8, 4) is 0 Å². The summed E-state index contributed by atoms with van der Waals surface area (Å²) >= 11 is 3.60. The molecule has 90 valence electrons. The number of unbranched alkanes of at least 4 members (excludes halogenated alkanes) is 2. The number of nitrogens with one attached hydrogen (secondary N) is 1. The number of halogens is 1. The highest BCUT2D eigenvalue weighted by Crippen LogP contribution is 2.22. The molecule has 0 spiro atoms. The second kappa shape index (κ2) is 7.08. The third-order valence-electron chi connectivity index (χ3n) is 2.78. The first-order valence-corrected chi connectivity index (χ1v) is 6.90. The van der Waals surface area contributed by atoms with Crippen LogP contribution < -0.4 is 5.32 Å². The largest absolute Gasteiger partial charge is 0.313 e. The zero-order valence-corrected chi connectivity index (χ0v) is 12.2. The summed E-state index contributed by atoms with van der Waals surface area (Å²) in [5.41, 5.74) is 4.03. The maximum absolute atomic E-state index is 3.60. The Morgan fingerprint density at radius 2 is 1.75 bits per heavy atom. The lowest BCUT2D eigenvalue weighted by Crippen LogP contribution is -2.14. The van der Waals surface area contributed by atoms with Crippen LogP contribution in [-0.2, 0) is 6.54 Å². The van der Waals surface area contributed by atoms with Gasteiger partial charge in [-0.3, -0.25) is 0 Å². The molecule has 0 bridgehead atoms. The van der Waals surface area contributed by atoms with Crippen LogP contribution >= 0.6 is 15.9 Å². The SMILES string of the molecule is CCCCCNCc1cc(C)c(Br)c(C)c1. The minimum absolute atomic E-state index is 0.985. The zero-order valence-electron chi connectivity index (χ0n) is 10.6. The van der Waals surface area contributed by atoms with Gasteiger partial charge in [0.15, 0.2) is 0 Å². The molecule has 0 aromatic heterocycles. The first-order valence-electron chi connectivity index (χ1n) is 6.11. The normalized spacial score (nSPS) is 10.8. The molecule has 0 unspecified atom stereocenters. The van der Waals surface area contributed by atoms with E-state index in [0.717, 1.165) is 13.1 Å². The quantitative estimate of drug-likeness (QED) is 0.766. The smallest absolute Gasteiger partial charge is 0.0233 e. The topological polar surface area (TPSA) is 12.0 Å². The van der Waals surface area contributed by atoms with Crippen molar-refractivity contribution in [2.75, 3.05) is 6.54 Å². The van der Waals surface area contributed by atoms with Crippen LogP contribution in [0.1, 0.15) is 42.9 Å². The molecule has 0 fully saturated rings. The first kappa shape index (κ1) is 13.7. The van der Waals surface area contributed by atoms with Crippen LogP contribution in [0.4, 0.5) is 0 Å². The molecular formula is C14H22BrN. The standard InChI is InChI=1S/C14H22BrN/c1-4-5-6-7-16-10-13-8-11(2)14(15)12(3)9-13/h8-9,16H,4-7,10H2,1-3H3. The zero-order chi connectivity index (χ0) is 12.0. The summed E-state index contributed by atoms with van der Waals surface area (Å²) in [6.07, 6.45) is 3.90. The Bertz CT molecular complexity index is 311. The summed E-state index contributed by atoms with van der Waals surface area (Å²) in [6, 6.07) is 4.51. The van der Waals surface area contributed by atoms with Gasteiger partial charge in [0.2, 0.25) is 0 Å². The van der Waals surface area contributed by atoms with Gasteiger partial charge in [0.05, 0.1) is 0 Å². The van der Waals surface area contributed by atoms with Gasteiger partial charge in [0.25, 0.3) is 0 Å². The van der Waals surface area contributed by atoms with Gasteiger partial charge in [-0.2, -0.15) is 0 Å². The van der Waals surface area contributed by atoms with Crippen molar-refractivity contribution in [1.82, 2.24) is 5.32 Å². The molecule has 0 amide bonds. The highest BCUT2D eigenvalue weighted by molar-refractivity contribution is 9.10. The van der Waals surface area contributed by atoms with E-state index in [1.54, 1.807) is 0 Å². The summed E-state index contributed by atoms with van der Waals surface area (Å²) in [4.78, 5) is 0. The summed E-state index contributed by atoms with van der Waals surface area (Å²) in [5.74, 6) is 0. The molecule has 0 aliphatic carbocycles. The lowest BCUT2D eigenvalue weighted by Gasteiger charge is -2.09. The molecule has 1 nitrogen and oxygen atoms in total. The van der Waals surface area contributed by atoms with Gasteiger partial charge in [-0.1, -0.05) is 47.8 Å². The highest BCUT2D eigenvalue weighted by Gasteiger charge is 2.01. The second-order valence-corrected chi connectivity index (χ2v) is 5.22. The Morgan fingerprint density at radius 3 is 2.31 bits per heavy atom. The molecule has 1 N–H and O–H groups in total. The number of rotatable bonds is 6. The molecule has 0 heterocycles. The van der Waals surface area contributed by atoms with Gasteiger partial charge >= 0.3 is 0 Å². The van der Waals surface area contributed by atoms with Crippen LogP contribution in [0.15, 0.2) is 16.6 Å². The Balaban J connectivity index is 2.43. The molecule has 0 radical (unpaired) electrons. The second-order valence-electron chi connectivity index (χ2n) is 4.43. The summed E-state index contributed by atoms with van der Waals surface area (Å²) in [6.45, 7) is 8.65. The van der Waals surface area contributed by atoms with Crippen molar-refractivity contribution in [1.29, 1.82) is 0 Å². The van der Waals surface area contributed by atoms with Gasteiger partial charge in [0.1, 0.15) is 0 Å². The predicted octanol–water partition coefficient (Wildman–Crippen LogP) is 4.35. The van der Waals surface area contributed by atoms with Gasteiger partial charge in [-0.05, 0) is 43.5 Å². The predicted molar refractivity (Wildman–Crippen MR) is 74.8 cm³/mol. The molecule has 0 aliphatic rings. The maximum atomic E-state index is 3.60. The van der Waals surface area contributed by atoms with E-state index in [4.69, 9.17) is 0 Å². The maximum Gasteiger partial charge on any atom is 0.0233 e. The van der Waals surface area contributed by atoms with Crippen LogP contribution in [0.5, 0.6) is 0 Å². The summed E-state index contributed by atoms with van der Waals surface area (Å²) < 4.78 is 1.24. The molecule has 1 aromatic rings. The third kappa shape index (κ3) is 4.26. The minimum Gasteiger partial charge on any atom is -0.313 e. The molecule has 1 aromatic carbocycles. The van der Waals surface area contributed by atoms with E-state index in [2.05, 4.69) is 54.2 Å². The van der Waals surface area contributed by atoms with Crippen LogP contribution in [0.25, 0.3) is 0 Å². The average Bonchev–Trinajstić information content (AvgIpc) is 2.25. The van der Waals surface area contributed by atoms with Crippen molar-refractivity contribution in [3.63, 3.8) is 0 Å². The molecule has 2 heteroatoms. The molecule has 1 rings (SSSR count). The number of benzene rings is 1. The molecule has 0 saturated carbocycles. The van der Waals surface area contributed by atoms with Gasteiger partial charge in [0, 0.05) is 11.0 Å². The summed E-state index contributed by atoms with van der Waals surface area (Å²) in [5, 5.41) is 3.50. The average molecular weight is 284 g/mol. The Morgan fingerprint density at radius 1 is 1.12 bits per heavy atom. The number of hydrogen-bond acceptors (Lipinski definition) is 1. The summed E-state index contributed by atoms with van der Waals surface area (Å²) in [7, 11) is 0. The lowest BCUT2D eigenvalue weighted by atomic mass is 10.1. The van der Waals surface area contributed by atoms with Crippen LogP contribution in [0, 0.1) is 13.8 Å². The fourth-order valence-corrected chi connectivity index (χ4v) is 2.10. The van der Waals surface area contributed by atoms with Gasteiger partial charge in [-0.15, -0.1) is 0 Å². The van der Waals surface area contributed by atoms with Gasteiger partial charge < -0.3 is 5.32 Å². The van der Waals surface area contributed by atoms with Crippen molar-refractivity contribution >= 4 is 15.9 Å². The first-order chi connectivity index (χ1) is 7.65. The van der Waals surface area contributed by atoms with Crippen LogP contribution in [0.2, 0.25) is 0 Å². The molecule has 16 heavy (non-hydrogen) atoms. The van der Waals surface area contributed by atoms with Crippen LogP contribution in [0.3, 0.4) is 0 Å². The molecule has 0 aliphatic heterocycles. The number of aryl methyl sites for hydroxylation is 2. The fourth-order valence-electron chi connectivity index (χ4n) is 1.87. The Labute approximate surface area is 108 Å². The van der Waals surface area contributed by atoms with E-state index in [9.17, 15) is 0 Å². The Hall–Kier alpha value is -0.340. The minimum atomic E-state index is 0.985. The van der Waals surface area contributed by atoms with E-state index in [-0.39, 0.29) is 0 Å². The molecule has 0 atom stereocenters. The molecule has 0 saturated heterocycles. The van der Waals surface area contributed by atoms with E-state index in [1.807, 2.05) is 0 Å². The van der Waals surface area contributed by atoms with E-state index in [0.29, 0.717) is 0 Å². The van der Waals surface area contributed by atoms with Crippen molar-refractivity contribution in [2.45, 2.75) is 46.6 Å².